The lowest BCUT2D eigenvalue weighted by Gasteiger charge is -2.24. The molecule has 1 aliphatic rings. The number of carbonyl (C=O) groups excluding carboxylic acids is 1. The summed E-state index contributed by atoms with van der Waals surface area (Å²) >= 11 is 0.739. The number of amides is 1. The largest absolute Gasteiger partial charge is 0.480 e. The number of carboxylic acid groups (broad SMARTS) is 1. The number of carboxylic acids is 1. The monoisotopic (exact) mass is 284 g/mol. The van der Waals surface area contributed by atoms with Crippen LogP contribution in [0.1, 0.15) is 35.4 Å². The summed E-state index contributed by atoms with van der Waals surface area (Å²) < 4.78 is 0. The number of carbonyl (C=O) groups is 2. The number of thiophene rings is 1. The summed E-state index contributed by atoms with van der Waals surface area (Å²) in [5.41, 5.74) is -1.23. The molecule has 102 valence electrons. The van der Waals surface area contributed by atoms with E-state index in [4.69, 9.17) is 0 Å². The molecule has 0 aliphatic heterocycles. The van der Waals surface area contributed by atoms with Crippen molar-refractivity contribution in [2.24, 2.45) is 0 Å². The van der Waals surface area contributed by atoms with Crippen LogP contribution in [0.2, 0.25) is 0 Å². The van der Waals surface area contributed by atoms with Gasteiger partial charge in [0.2, 0.25) is 0 Å². The van der Waals surface area contributed by atoms with Crippen molar-refractivity contribution in [1.82, 2.24) is 5.32 Å². The summed E-state index contributed by atoms with van der Waals surface area (Å²) in [6.45, 7) is 0. The first-order chi connectivity index (χ1) is 8.94. The van der Waals surface area contributed by atoms with E-state index < -0.39 is 22.3 Å². The molecule has 1 aromatic heterocycles. The molecule has 8 heteroatoms. The third kappa shape index (κ3) is 2.58. The van der Waals surface area contributed by atoms with Gasteiger partial charge in [-0.3, -0.25) is 14.9 Å². The Labute approximate surface area is 112 Å². The summed E-state index contributed by atoms with van der Waals surface area (Å²) in [6.07, 6.45) is 2.28. The topological polar surface area (TPSA) is 110 Å². The Hall–Kier alpha value is -1.96. The smallest absolute Gasteiger partial charge is 0.329 e. The fraction of sp³-hybridized carbons (Fsp3) is 0.455. The Balaban J connectivity index is 2.15. The summed E-state index contributed by atoms with van der Waals surface area (Å²) in [4.78, 5) is 33.4. The Morgan fingerprint density at radius 3 is 2.47 bits per heavy atom. The SMILES string of the molecule is O=C(NC1(C(=O)O)CCCC1)c1ccc([N+](=O)[O-])s1. The van der Waals surface area contributed by atoms with Crippen LogP contribution in [-0.4, -0.2) is 27.4 Å². The summed E-state index contributed by atoms with van der Waals surface area (Å²) in [6, 6.07) is 2.57. The van der Waals surface area contributed by atoms with E-state index in [0.717, 1.165) is 24.2 Å². The molecule has 0 aromatic carbocycles. The van der Waals surface area contributed by atoms with Gasteiger partial charge in [-0.1, -0.05) is 24.2 Å². The van der Waals surface area contributed by atoms with E-state index >= 15 is 0 Å². The van der Waals surface area contributed by atoms with Crippen molar-refractivity contribution in [3.63, 3.8) is 0 Å². The summed E-state index contributed by atoms with van der Waals surface area (Å²) in [5.74, 6) is -1.62. The zero-order valence-electron chi connectivity index (χ0n) is 9.92. The van der Waals surface area contributed by atoms with Gasteiger partial charge in [-0.2, -0.15) is 0 Å². The zero-order chi connectivity index (χ0) is 14.0. The number of nitro groups is 1. The number of rotatable bonds is 4. The second-order valence-electron chi connectivity index (χ2n) is 4.44. The van der Waals surface area contributed by atoms with Crippen LogP contribution in [0.5, 0.6) is 0 Å². The molecule has 2 N–H and O–H groups in total. The van der Waals surface area contributed by atoms with Crippen LogP contribution in [0, 0.1) is 10.1 Å². The molecule has 1 saturated carbocycles. The number of hydrogen-bond donors (Lipinski definition) is 2. The van der Waals surface area contributed by atoms with E-state index in [1.54, 1.807) is 0 Å². The lowest BCUT2D eigenvalue weighted by molar-refractivity contribution is -0.380. The van der Waals surface area contributed by atoms with E-state index in [1.165, 1.54) is 12.1 Å². The van der Waals surface area contributed by atoms with E-state index in [2.05, 4.69) is 5.32 Å². The van der Waals surface area contributed by atoms with E-state index in [-0.39, 0.29) is 9.88 Å². The molecule has 0 unspecified atom stereocenters. The van der Waals surface area contributed by atoms with E-state index in [1.807, 2.05) is 0 Å². The first-order valence-electron chi connectivity index (χ1n) is 5.75. The minimum Gasteiger partial charge on any atom is -0.480 e. The lowest BCUT2D eigenvalue weighted by atomic mass is 9.98. The molecule has 0 spiro atoms. The van der Waals surface area contributed by atoms with Crippen LogP contribution >= 0.6 is 11.3 Å². The Kier molecular flexibility index (Phi) is 3.52. The van der Waals surface area contributed by atoms with Gasteiger partial charge in [0.1, 0.15) is 5.54 Å². The van der Waals surface area contributed by atoms with E-state index in [9.17, 15) is 24.8 Å². The van der Waals surface area contributed by atoms with Gasteiger partial charge in [-0.05, 0) is 18.9 Å². The van der Waals surface area contributed by atoms with Gasteiger partial charge in [0, 0.05) is 6.07 Å². The lowest BCUT2D eigenvalue weighted by Crippen LogP contribution is -2.52. The maximum atomic E-state index is 12.0. The number of aliphatic carboxylic acids is 1. The van der Waals surface area contributed by atoms with Crippen LogP contribution in [0.3, 0.4) is 0 Å². The molecule has 1 heterocycles. The van der Waals surface area contributed by atoms with Gasteiger partial charge in [0.15, 0.2) is 0 Å². The average molecular weight is 284 g/mol. The van der Waals surface area contributed by atoms with Crippen LogP contribution in [0.4, 0.5) is 5.00 Å². The van der Waals surface area contributed by atoms with Crippen molar-refractivity contribution >= 4 is 28.2 Å². The standard InChI is InChI=1S/C11H12N2O5S/c14-9(7-3-4-8(19-7)13(17)18)12-11(10(15)16)5-1-2-6-11/h3-4H,1-2,5-6H2,(H,12,14)(H,15,16). The highest BCUT2D eigenvalue weighted by molar-refractivity contribution is 7.17. The maximum absolute atomic E-state index is 12.0. The van der Waals surface area contributed by atoms with Crippen LogP contribution in [0.15, 0.2) is 12.1 Å². The van der Waals surface area contributed by atoms with Crippen molar-refractivity contribution in [3.8, 4) is 0 Å². The van der Waals surface area contributed by atoms with E-state index in [0.29, 0.717) is 12.8 Å². The fourth-order valence-corrected chi connectivity index (χ4v) is 2.91. The second-order valence-corrected chi connectivity index (χ2v) is 5.51. The molecule has 1 aromatic rings. The maximum Gasteiger partial charge on any atom is 0.329 e. The minimum atomic E-state index is -1.23. The minimum absolute atomic E-state index is 0.138. The highest BCUT2D eigenvalue weighted by Gasteiger charge is 2.43. The Bertz CT molecular complexity index is 533. The van der Waals surface area contributed by atoms with Gasteiger partial charge in [-0.25, -0.2) is 4.79 Å². The van der Waals surface area contributed by atoms with Crippen LogP contribution in [0.25, 0.3) is 0 Å². The Morgan fingerprint density at radius 2 is 2.00 bits per heavy atom. The third-order valence-corrected chi connectivity index (χ3v) is 4.25. The molecular weight excluding hydrogens is 272 g/mol. The van der Waals surface area contributed by atoms with Gasteiger partial charge < -0.3 is 10.4 Å². The normalized spacial score (nSPS) is 17.1. The molecule has 1 aliphatic carbocycles. The summed E-state index contributed by atoms with van der Waals surface area (Å²) in [5, 5.41) is 22.1. The van der Waals surface area contributed by atoms with Gasteiger partial charge in [0.05, 0.1) is 9.80 Å². The molecule has 2 rings (SSSR count). The molecule has 0 bridgehead atoms. The summed E-state index contributed by atoms with van der Waals surface area (Å²) in [7, 11) is 0. The van der Waals surface area contributed by atoms with Crippen LogP contribution in [-0.2, 0) is 4.79 Å². The number of nitrogens with zero attached hydrogens (tertiary/aromatic N) is 1. The molecule has 0 atom stereocenters. The Morgan fingerprint density at radius 1 is 1.37 bits per heavy atom. The predicted molar refractivity (Wildman–Crippen MR) is 67.3 cm³/mol. The van der Waals surface area contributed by atoms with Gasteiger partial charge in [-0.15, -0.1) is 0 Å². The fourth-order valence-electron chi connectivity index (χ4n) is 2.20. The van der Waals surface area contributed by atoms with Crippen molar-refractivity contribution in [2.75, 3.05) is 0 Å². The molecule has 0 saturated heterocycles. The number of nitrogens with one attached hydrogen (secondary N) is 1. The molecule has 1 amide bonds. The first-order valence-corrected chi connectivity index (χ1v) is 6.56. The van der Waals surface area contributed by atoms with Crippen molar-refractivity contribution < 1.29 is 19.6 Å². The van der Waals surface area contributed by atoms with Crippen molar-refractivity contribution in [1.29, 1.82) is 0 Å². The number of hydrogen-bond acceptors (Lipinski definition) is 5. The van der Waals surface area contributed by atoms with Gasteiger partial charge >= 0.3 is 11.0 Å². The zero-order valence-corrected chi connectivity index (χ0v) is 10.7. The quantitative estimate of drug-likeness (QED) is 0.647. The molecule has 19 heavy (non-hydrogen) atoms. The first kappa shape index (κ1) is 13.5. The molecular formula is C11H12N2O5S. The van der Waals surface area contributed by atoms with Crippen LogP contribution < -0.4 is 5.32 Å². The highest BCUT2D eigenvalue weighted by Crippen LogP contribution is 2.31. The van der Waals surface area contributed by atoms with Gasteiger partial charge in [0.25, 0.3) is 5.91 Å². The predicted octanol–water partition coefficient (Wildman–Crippen LogP) is 1.78. The molecule has 1 fully saturated rings. The highest BCUT2D eigenvalue weighted by atomic mass is 32.1. The third-order valence-electron chi connectivity index (χ3n) is 3.21. The molecule has 7 nitrogen and oxygen atoms in total. The van der Waals surface area contributed by atoms with Crippen molar-refractivity contribution in [3.05, 3.63) is 27.1 Å². The van der Waals surface area contributed by atoms with Crippen molar-refractivity contribution in [2.45, 2.75) is 31.2 Å². The average Bonchev–Trinajstić information content (AvgIpc) is 2.97. The second kappa shape index (κ2) is 4.96. The molecule has 0 radical (unpaired) electrons.